The lowest BCUT2D eigenvalue weighted by atomic mass is 10.1. The summed E-state index contributed by atoms with van der Waals surface area (Å²) in [5, 5.41) is 19.2. The Bertz CT molecular complexity index is 1120. The number of fused-ring (bicyclic) bond motifs is 1. The number of benzene rings is 2. The SMILES string of the molecule is Cn1c(-c2ccc3c(c2)OCO3)cnc1NCc1ccc(Cl)c(Cl)c1.O=C(O)C(=O)O. The topological polar surface area (TPSA) is 123 Å². The number of halogens is 2. The highest BCUT2D eigenvalue weighted by molar-refractivity contribution is 6.42. The van der Waals surface area contributed by atoms with E-state index in [0.717, 1.165) is 34.3 Å². The van der Waals surface area contributed by atoms with Crippen LogP contribution in [0.15, 0.2) is 42.6 Å². The van der Waals surface area contributed by atoms with E-state index in [2.05, 4.69) is 10.3 Å². The van der Waals surface area contributed by atoms with Gasteiger partial charge in [0.1, 0.15) is 0 Å². The van der Waals surface area contributed by atoms with Crippen LogP contribution < -0.4 is 14.8 Å². The van der Waals surface area contributed by atoms with E-state index in [1.807, 2.05) is 48.1 Å². The molecule has 1 aromatic heterocycles. The summed E-state index contributed by atoms with van der Waals surface area (Å²) in [5.74, 6) is -1.36. The number of hydrogen-bond acceptors (Lipinski definition) is 6. The molecule has 0 unspecified atom stereocenters. The smallest absolute Gasteiger partial charge is 0.414 e. The van der Waals surface area contributed by atoms with E-state index in [4.69, 9.17) is 52.5 Å². The quantitative estimate of drug-likeness (QED) is 0.495. The normalized spacial score (nSPS) is 11.5. The molecule has 1 aliphatic heterocycles. The van der Waals surface area contributed by atoms with Gasteiger partial charge in [0, 0.05) is 19.2 Å². The zero-order valence-corrected chi connectivity index (χ0v) is 17.6. The number of anilines is 1. The minimum Gasteiger partial charge on any atom is -0.473 e. The third kappa shape index (κ3) is 5.39. The highest BCUT2D eigenvalue weighted by Gasteiger charge is 2.16. The zero-order valence-electron chi connectivity index (χ0n) is 16.1. The molecule has 0 radical (unpaired) electrons. The second-order valence-electron chi connectivity index (χ2n) is 6.31. The van der Waals surface area contributed by atoms with Crippen molar-refractivity contribution in [2.45, 2.75) is 6.54 Å². The highest BCUT2D eigenvalue weighted by Crippen LogP contribution is 2.36. The number of carboxylic acids is 2. The number of hydrogen-bond donors (Lipinski definition) is 3. The van der Waals surface area contributed by atoms with Crippen LogP contribution in [0.25, 0.3) is 11.3 Å². The minimum atomic E-state index is -1.82. The maximum absolute atomic E-state index is 9.10. The third-order valence-electron chi connectivity index (χ3n) is 4.27. The Kier molecular flexibility index (Phi) is 6.88. The first kappa shape index (κ1) is 22.3. The number of carbonyl (C=O) groups is 2. The molecule has 3 aromatic rings. The average Bonchev–Trinajstić information content (AvgIpc) is 3.35. The molecule has 0 bridgehead atoms. The van der Waals surface area contributed by atoms with Crippen molar-refractivity contribution in [3.8, 4) is 22.8 Å². The Hall–Kier alpha value is -3.43. The molecule has 4 rings (SSSR count). The van der Waals surface area contributed by atoms with E-state index >= 15 is 0 Å². The van der Waals surface area contributed by atoms with Crippen molar-refractivity contribution in [2.75, 3.05) is 12.1 Å². The fraction of sp³-hybridized carbons (Fsp3) is 0.150. The van der Waals surface area contributed by atoms with Crippen LogP contribution in [0, 0.1) is 0 Å². The maximum Gasteiger partial charge on any atom is 0.414 e. The van der Waals surface area contributed by atoms with Crippen molar-refractivity contribution in [1.82, 2.24) is 9.55 Å². The lowest BCUT2D eigenvalue weighted by Gasteiger charge is -2.09. The fourth-order valence-corrected chi connectivity index (χ4v) is 3.05. The fourth-order valence-electron chi connectivity index (χ4n) is 2.73. The van der Waals surface area contributed by atoms with E-state index in [0.29, 0.717) is 16.6 Å². The van der Waals surface area contributed by atoms with E-state index in [-0.39, 0.29) is 6.79 Å². The molecule has 3 N–H and O–H groups in total. The lowest BCUT2D eigenvalue weighted by Crippen LogP contribution is -2.09. The molecule has 1 aliphatic rings. The van der Waals surface area contributed by atoms with Gasteiger partial charge in [-0.1, -0.05) is 29.3 Å². The second kappa shape index (κ2) is 9.59. The Morgan fingerprint density at radius 1 is 1.06 bits per heavy atom. The zero-order chi connectivity index (χ0) is 22.5. The molecule has 0 spiro atoms. The summed E-state index contributed by atoms with van der Waals surface area (Å²) in [6.45, 7) is 0.864. The van der Waals surface area contributed by atoms with Gasteiger partial charge in [0.05, 0.1) is 21.9 Å². The average molecular weight is 466 g/mol. The summed E-state index contributed by atoms with van der Waals surface area (Å²) < 4.78 is 12.8. The van der Waals surface area contributed by atoms with Gasteiger partial charge < -0.3 is 29.6 Å². The van der Waals surface area contributed by atoms with Gasteiger partial charge in [-0.2, -0.15) is 0 Å². The largest absolute Gasteiger partial charge is 0.473 e. The summed E-state index contributed by atoms with van der Waals surface area (Å²) in [4.78, 5) is 22.7. The molecule has 9 nitrogen and oxygen atoms in total. The molecule has 0 amide bonds. The Morgan fingerprint density at radius 2 is 1.77 bits per heavy atom. The standard InChI is InChI=1S/C18H15Cl2N3O2.C2H2O4/c1-23-15(12-3-5-16-17(7-12)25-10-24-16)9-22-18(23)21-8-11-2-4-13(19)14(20)6-11;3-1(4)2(5)6/h2-7,9H,8,10H2,1H3,(H,21,22);(H,3,4)(H,5,6). The van der Waals surface area contributed by atoms with Crippen molar-refractivity contribution < 1.29 is 29.3 Å². The van der Waals surface area contributed by atoms with Crippen LogP contribution in [0.5, 0.6) is 11.5 Å². The summed E-state index contributed by atoms with van der Waals surface area (Å²) >= 11 is 12.0. The number of ether oxygens (including phenoxy) is 2. The van der Waals surface area contributed by atoms with E-state index in [9.17, 15) is 0 Å². The van der Waals surface area contributed by atoms with Crippen molar-refractivity contribution >= 4 is 41.1 Å². The Labute approximate surface area is 186 Å². The van der Waals surface area contributed by atoms with Crippen molar-refractivity contribution in [3.05, 3.63) is 58.2 Å². The molecular weight excluding hydrogens is 449 g/mol. The van der Waals surface area contributed by atoms with Gasteiger partial charge in [0.25, 0.3) is 0 Å². The number of aromatic nitrogens is 2. The molecule has 0 aliphatic carbocycles. The predicted molar refractivity (Wildman–Crippen MR) is 114 cm³/mol. The second-order valence-corrected chi connectivity index (χ2v) is 7.12. The summed E-state index contributed by atoms with van der Waals surface area (Å²) in [6.07, 6.45) is 1.83. The van der Waals surface area contributed by atoms with Crippen LogP contribution in [-0.2, 0) is 23.2 Å². The number of nitrogens with one attached hydrogen (secondary N) is 1. The van der Waals surface area contributed by atoms with Gasteiger partial charge in [-0.25, -0.2) is 14.6 Å². The van der Waals surface area contributed by atoms with Crippen LogP contribution in [0.3, 0.4) is 0 Å². The van der Waals surface area contributed by atoms with Gasteiger partial charge >= 0.3 is 11.9 Å². The number of imidazole rings is 1. The van der Waals surface area contributed by atoms with Gasteiger partial charge in [-0.3, -0.25) is 0 Å². The van der Waals surface area contributed by atoms with Gasteiger partial charge in [0.15, 0.2) is 11.5 Å². The number of aliphatic carboxylic acids is 2. The summed E-state index contributed by atoms with van der Waals surface area (Å²) in [5.41, 5.74) is 3.03. The summed E-state index contributed by atoms with van der Waals surface area (Å²) in [6, 6.07) is 11.4. The first-order valence-electron chi connectivity index (χ1n) is 8.82. The van der Waals surface area contributed by atoms with Crippen LogP contribution in [-0.4, -0.2) is 38.5 Å². The van der Waals surface area contributed by atoms with Crippen molar-refractivity contribution in [3.63, 3.8) is 0 Å². The van der Waals surface area contributed by atoms with Crippen LogP contribution >= 0.6 is 23.2 Å². The molecule has 31 heavy (non-hydrogen) atoms. The molecule has 0 saturated heterocycles. The molecule has 162 valence electrons. The Balaban J connectivity index is 0.000000401. The predicted octanol–water partition coefficient (Wildman–Crippen LogP) is 3.89. The molecule has 0 atom stereocenters. The van der Waals surface area contributed by atoms with Gasteiger partial charge in [-0.05, 0) is 35.9 Å². The number of carboxylic acid groups (broad SMARTS) is 2. The Morgan fingerprint density at radius 3 is 2.45 bits per heavy atom. The van der Waals surface area contributed by atoms with Crippen LogP contribution in [0.1, 0.15) is 5.56 Å². The minimum absolute atomic E-state index is 0.265. The monoisotopic (exact) mass is 465 g/mol. The van der Waals surface area contributed by atoms with E-state index in [1.165, 1.54) is 0 Å². The molecule has 0 saturated carbocycles. The molecule has 11 heteroatoms. The lowest BCUT2D eigenvalue weighted by molar-refractivity contribution is -0.159. The van der Waals surface area contributed by atoms with E-state index < -0.39 is 11.9 Å². The maximum atomic E-state index is 9.10. The summed E-state index contributed by atoms with van der Waals surface area (Å²) in [7, 11) is 1.96. The van der Waals surface area contributed by atoms with Crippen LogP contribution in [0.4, 0.5) is 5.95 Å². The van der Waals surface area contributed by atoms with Gasteiger partial charge in [-0.15, -0.1) is 0 Å². The van der Waals surface area contributed by atoms with Crippen molar-refractivity contribution in [1.29, 1.82) is 0 Å². The number of nitrogens with zero attached hydrogens (tertiary/aromatic N) is 2. The molecular formula is C20H17Cl2N3O6. The molecule has 2 aromatic carbocycles. The molecule has 2 heterocycles. The molecule has 0 fully saturated rings. The number of rotatable bonds is 4. The third-order valence-corrected chi connectivity index (χ3v) is 5.01. The highest BCUT2D eigenvalue weighted by atomic mass is 35.5. The van der Waals surface area contributed by atoms with Gasteiger partial charge in [0.2, 0.25) is 12.7 Å². The van der Waals surface area contributed by atoms with Crippen LogP contribution in [0.2, 0.25) is 10.0 Å². The first-order valence-corrected chi connectivity index (χ1v) is 9.57. The van der Waals surface area contributed by atoms with E-state index in [1.54, 1.807) is 6.07 Å². The van der Waals surface area contributed by atoms with Crippen molar-refractivity contribution in [2.24, 2.45) is 7.05 Å². The first-order chi connectivity index (χ1) is 14.8.